The summed E-state index contributed by atoms with van der Waals surface area (Å²) in [6, 6.07) is 7.07. The first kappa shape index (κ1) is 27.8. The van der Waals surface area contributed by atoms with Gasteiger partial charge < -0.3 is 24.8 Å². The van der Waals surface area contributed by atoms with Crippen molar-refractivity contribution in [2.75, 3.05) is 12.3 Å². The van der Waals surface area contributed by atoms with E-state index in [1.165, 1.54) is 6.92 Å². The molecule has 36 heavy (non-hydrogen) atoms. The van der Waals surface area contributed by atoms with Crippen LogP contribution in [0, 0.1) is 11.7 Å². The van der Waals surface area contributed by atoms with Crippen LogP contribution in [0.4, 0.5) is 10.2 Å². The molecule has 0 spiro atoms. The molecule has 3 rings (SSSR count). The van der Waals surface area contributed by atoms with E-state index < -0.39 is 74.1 Å². The molecule has 0 radical (unpaired) electrons. The van der Waals surface area contributed by atoms with Gasteiger partial charge in [0, 0.05) is 5.92 Å². The number of para-hydroxylation sites is 1. The maximum atomic E-state index is 13.9. The molecule has 0 bridgehead atoms. The summed E-state index contributed by atoms with van der Waals surface area (Å²) in [7, 11) is -4.21. The van der Waals surface area contributed by atoms with E-state index >= 15 is 0 Å². The highest BCUT2D eigenvalue weighted by molar-refractivity contribution is 7.52. The Kier molecular flexibility index (Phi) is 8.85. The molecular weight excluding hydrogens is 498 g/mol. The molecule has 1 aliphatic rings. The average molecular weight is 528 g/mol. The zero-order valence-corrected chi connectivity index (χ0v) is 21.1. The molecule has 0 aliphatic carbocycles. The molecule has 198 valence electrons. The van der Waals surface area contributed by atoms with Gasteiger partial charge >= 0.3 is 19.4 Å². The Labute approximate surface area is 207 Å². The van der Waals surface area contributed by atoms with E-state index in [9.17, 15) is 23.7 Å². The number of hydrogen-bond acceptors (Lipinski definition) is 10. The van der Waals surface area contributed by atoms with Gasteiger partial charge in [0.1, 0.15) is 24.1 Å². The van der Waals surface area contributed by atoms with Crippen molar-refractivity contribution in [1.82, 2.24) is 14.6 Å². The lowest BCUT2D eigenvalue weighted by Crippen LogP contribution is -2.37. The molecule has 1 aliphatic heterocycles. The van der Waals surface area contributed by atoms with Gasteiger partial charge in [0.05, 0.1) is 25.0 Å². The van der Waals surface area contributed by atoms with Crippen LogP contribution in [-0.4, -0.2) is 51.6 Å². The lowest BCUT2D eigenvalue weighted by atomic mass is 10.0. The molecule has 0 saturated carbocycles. The fourth-order valence-electron chi connectivity index (χ4n) is 3.49. The Balaban J connectivity index is 1.77. The molecule has 4 N–H and O–H groups in total. The van der Waals surface area contributed by atoms with Gasteiger partial charge in [-0.3, -0.25) is 13.9 Å². The van der Waals surface area contributed by atoms with E-state index in [4.69, 9.17) is 24.3 Å². The Hall–Kier alpha value is -2.83. The Bertz CT molecular complexity index is 1160. The van der Waals surface area contributed by atoms with Crippen molar-refractivity contribution in [2.45, 2.75) is 58.3 Å². The summed E-state index contributed by atoms with van der Waals surface area (Å²) in [5.74, 6) is -2.65. The average Bonchev–Trinajstić information content (AvgIpc) is 3.08. The first-order valence-corrected chi connectivity index (χ1v) is 12.8. The number of carbonyl (C=O) groups is 1. The number of esters is 1. The lowest BCUT2D eigenvalue weighted by Gasteiger charge is -2.25. The molecule has 0 amide bonds. The van der Waals surface area contributed by atoms with E-state index in [1.54, 1.807) is 51.1 Å². The molecule has 1 aromatic carbocycles. The second-order valence-corrected chi connectivity index (χ2v) is 10.3. The van der Waals surface area contributed by atoms with Gasteiger partial charge in [0.2, 0.25) is 0 Å². The first-order valence-electron chi connectivity index (χ1n) is 11.3. The van der Waals surface area contributed by atoms with Crippen LogP contribution in [0.2, 0.25) is 0 Å². The maximum absolute atomic E-state index is 13.9. The third-order valence-corrected chi connectivity index (χ3v) is 6.97. The number of aromatic nitrogens is 2. The van der Waals surface area contributed by atoms with Gasteiger partial charge in [0.15, 0.2) is 11.6 Å². The van der Waals surface area contributed by atoms with Crippen molar-refractivity contribution in [3.05, 3.63) is 52.8 Å². The van der Waals surface area contributed by atoms with Crippen molar-refractivity contribution in [3.63, 3.8) is 0 Å². The van der Waals surface area contributed by atoms with Crippen LogP contribution in [0.25, 0.3) is 0 Å². The molecule has 1 unspecified atom stereocenters. The normalized spacial score (nSPS) is 24.3. The summed E-state index contributed by atoms with van der Waals surface area (Å²) in [6.07, 6.45) is -2.91. The summed E-state index contributed by atoms with van der Waals surface area (Å²) in [6.45, 7) is 5.91. The summed E-state index contributed by atoms with van der Waals surface area (Å²) >= 11 is 0. The quantitative estimate of drug-likeness (QED) is 0.305. The zero-order chi connectivity index (χ0) is 26.6. The van der Waals surface area contributed by atoms with Crippen LogP contribution in [0.3, 0.4) is 0 Å². The number of nitrogens with two attached hydrogens (primary N) is 1. The van der Waals surface area contributed by atoms with Crippen LogP contribution < -0.4 is 21.0 Å². The highest BCUT2D eigenvalue weighted by Gasteiger charge is 2.44. The summed E-state index contributed by atoms with van der Waals surface area (Å²) in [5, 5.41) is 13.2. The Morgan fingerprint density at radius 1 is 1.33 bits per heavy atom. The van der Waals surface area contributed by atoms with Crippen LogP contribution in [0.1, 0.15) is 33.9 Å². The number of aliphatic hydroxyl groups is 1. The van der Waals surface area contributed by atoms with Gasteiger partial charge in [-0.05, 0) is 32.9 Å². The molecule has 2 aromatic rings. The van der Waals surface area contributed by atoms with Gasteiger partial charge in [-0.2, -0.15) is 10.1 Å². The Morgan fingerprint density at radius 2 is 2.00 bits per heavy atom. The van der Waals surface area contributed by atoms with E-state index in [-0.39, 0.29) is 5.75 Å². The minimum Gasteiger partial charge on any atom is -0.462 e. The van der Waals surface area contributed by atoms with E-state index in [1.807, 2.05) is 0 Å². The number of anilines is 1. The third-order valence-electron chi connectivity index (χ3n) is 5.33. The van der Waals surface area contributed by atoms with Crippen LogP contribution in [0.5, 0.6) is 5.75 Å². The predicted octanol–water partition coefficient (Wildman–Crippen LogP) is 1.99. The SMILES string of the molecule is CC(C)OC(=O)[C@@H](C)NP(=O)(OC[C@H]1O[C@@H](n2cc(F)c(N)nc2=O)[C@@H](C)[C@@H]1O)Oc1ccccc1. The molecule has 1 aromatic heterocycles. The van der Waals surface area contributed by atoms with Crippen LogP contribution in [-0.2, 0) is 23.4 Å². The molecular formula is C22H30FN4O8P. The molecule has 1 fully saturated rings. The molecule has 14 heteroatoms. The summed E-state index contributed by atoms with van der Waals surface area (Å²) in [5.41, 5.74) is 4.47. The Morgan fingerprint density at radius 3 is 2.64 bits per heavy atom. The fourth-order valence-corrected chi connectivity index (χ4v) is 5.00. The van der Waals surface area contributed by atoms with Crippen molar-refractivity contribution in [3.8, 4) is 5.75 Å². The predicted molar refractivity (Wildman–Crippen MR) is 126 cm³/mol. The van der Waals surface area contributed by atoms with Crippen molar-refractivity contribution in [1.29, 1.82) is 0 Å². The number of halogens is 1. The third kappa shape index (κ3) is 6.68. The van der Waals surface area contributed by atoms with Gasteiger partial charge in [0.25, 0.3) is 0 Å². The van der Waals surface area contributed by atoms with Gasteiger partial charge in [-0.25, -0.2) is 13.8 Å². The number of nitrogen functional groups attached to an aromatic ring is 1. The minimum atomic E-state index is -4.21. The number of carbonyl (C=O) groups excluding carboxylic acids is 1. The lowest BCUT2D eigenvalue weighted by molar-refractivity contribution is -0.149. The minimum absolute atomic E-state index is 0.201. The maximum Gasteiger partial charge on any atom is 0.459 e. The number of nitrogens with zero attached hydrogens (tertiary/aromatic N) is 2. The van der Waals surface area contributed by atoms with Crippen molar-refractivity contribution >= 4 is 19.5 Å². The molecule has 1 saturated heterocycles. The highest BCUT2D eigenvalue weighted by Crippen LogP contribution is 2.46. The van der Waals surface area contributed by atoms with Crippen LogP contribution >= 0.6 is 7.75 Å². The zero-order valence-electron chi connectivity index (χ0n) is 20.2. The smallest absolute Gasteiger partial charge is 0.459 e. The molecule has 12 nitrogen and oxygen atoms in total. The highest BCUT2D eigenvalue weighted by atomic mass is 31.2. The van der Waals surface area contributed by atoms with Crippen molar-refractivity contribution < 1.29 is 37.4 Å². The standard InChI is InChI=1S/C22H30FN4O8P/c1-12(2)33-21(29)14(4)26-36(31,35-15-8-6-5-7-9-15)32-11-17-18(28)13(3)20(34-17)27-10-16(23)19(24)25-22(27)30/h5-10,12-14,17-18,20,28H,11H2,1-4H3,(H,26,31)(H2,24,25,30)/t13-,14+,17+,18-,20+,36?/m0/s1. The second-order valence-electron chi connectivity index (χ2n) is 8.61. The van der Waals surface area contributed by atoms with E-state index in [0.29, 0.717) is 0 Å². The van der Waals surface area contributed by atoms with Gasteiger partial charge in [-0.1, -0.05) is 25.1 Å². The number of ether oxygens (including phenoxy) is 2. The van der Waals surface area contributed by atoms with Crippen LogP contribution in [0.15, 0.2) is 41.3 Å². The summed E-state index contributed by atoms with van der Waals surface area (Å²) < 4.78 is 50.4. The fraction of sp³-hybridized carbons (Fsp3) is 0.500. The number of benzene rings is 1. The first-order chi connectivity index (χ1) is 16.9. The van der Waals surface area contributed by atoms with Gasteiger partial charge in [-0.15, -0.1) is 0 Å². The molecule has 6 atom stereocenters. The number of hydrogen-bond donors (Lipinski definition) is 3. The second kappa shape index (κ2) is 11.5. The van der Waals surface area contributed by atoms with Crippen molar-refractivity contribution in [2.24, 2.45) is 5.92 Å². The van der Waals surface area contributed by atoms with E-state index in [2.05, 4.69) is 10.1 Å². The number of rotatable bonds is 10. The molecule has 2 heterocycles. The number of nitrogens with one attached hydrogen (secondary N) is 1. The summed E-state index contributed by atoms with van der Waals surface area (Å²) in [4.78, 5) is 27.9. The largest absolute Gasteiger partial charge is 0.462 e. The topological polar surface area (TPSA) is 164 Å². The number of aliphatic hydroxyl groups excluding tert-OH is 1. The monoisotopic (exact) mass is 528 g/mol. The van der Waals surface area contributed by atoms with E-state index in [0.717, 1.165) is 10.8 Å².